The molecule has 0 fully saturated rings. The van der Waals surface area contributed by atoms with Crippen LogP contribution in [0.4, 0.5) is 0 Å². The highest BCUT2D eigenvalue weighted by molar-refractivity contribution is 5.87. The molecule has 138 valence electrons. The summed E-state index contributed by atoms with van der Waals surface area (Å²) in [7, 11) is 0. The van der Waals surface area contributed by atoms with Gasteiger partial charge in [0, 0.05) is 17.4 Å². The summed E-state index contributed by atoms with van der Waals surface area (Å²) in [5.74, 6) is 1.63. The lowest BCUT2D eigenvalue weighted by molar-refractivity contribution is 0.459. The molecule has 3 heteroatoms. The third kappa shape index (κ3) is 3.23. The molecule has 3 aromatic rings. The van der Waals surface area contributed by atoms with Gasteiger partial charge >= 0.3 is 0 Å². The molecule has 2 heterocycles. The topological polar surface area (TPSA) is 27.1 Å². The minimum atomic E-state index is 0.505. The Hall–Kier alpha value is -2.29. The van der Waals surface area contributed by atoms with Crippen LogP contribution in [0, 0.1) is 34.6 Å². The van der Waals surface area contributed by atoms with Gasteiger partial charge in [-0.25, -0.2) is 4.98 Å². The fraction of sp³-hybridized carbons (Fsp3) is 0.435. The fourth-order valence-electron chi connectivity index (χ4n) is 4.08. The van der Waals surface area contributed by atoms with Crippen molar-refractivity contribution in [3.63, 3.8) is 0 Å². The molecule has 0 aliphatic rings. The van der Waals surface area contributed by atoms with E-state index in [0.29, 0.717) is 11.9 Å². The Morgan fingerprint density at radius 1 is 0.923 bits per heavy atom. The predicted octanol–water partition coefficient (Wildman–Crippen LogP) is 6.73. The highest BCUT2D eigenvalue weighted by Crippen LogP contribution is 2.36. The Balaban J connectivity index is 2.18. The first-order chi connectivity index (χ1) is 12.3. The van der Waals surface area contributed by atoms with Crippen molar-refractivity contribution in [2.45, 2.75) is 67.3 Å². The summed E-state index contributed by atoms with van der Waals surface area (Å²) in [6, 6.07) is 9.23. The van der Waals surface area contributed by atoms with Crippen molar-refractivity contribution in [3.8, 4) is 11.6 Å². The number of rotatable bonds is 5. The summed E-state index contributed by atoms with van der Waals surface area (Å²) in [5, 5.41) is 1.10. The zero-order valence-electron chi connectivity index (χ0n) is 17.1. The number of hydrogen-bond donors (Lipinski definition) is 0. The standard InChI is InChI=1S/C23H30N2O/c1-8-19(9-2)25-18(7)13-20-21(25)12-17(6)24-23(20)26-22-15(4)10-14(3)11-16(22)5/h10-13,19H,8-9H2,1-7H3. The second-order valence-electron chi connectivity index (χ2n) is 7.46. The van der Waals surface area contributed by atoms with Crippen LogP contribution in [0.2, 0.25) is 0 Å². The Morgan fingerprint density at radius 2 is 1.54 bits per heavy atom. The average Bonchev–Trinajstić information content (AvgIpc) is 2.89. The van der Waals surface area contributed by atoms with E-state index in [2.05, 4.69) is 70.4 Å². The number of benzene rings is 1. The van der Waals surface area contributed by atoms with Crippen molar-refractivity contribution in [2.75, 3.05) is 0 Å². The molecule has 0 bridgehead atoms. The smallest absolute Gasteiger partial charge is 0.228 e. The first-order valence-electron chi connectivity index (χ1n) is 9.60. The molecular formula is C23H30N2O. The number of ether oxygens (including phenoxy) is 1. The fourth-order valence-corrected chi connectivity index (χ4v) is 4.08. The van der Waals surface area contributed by atoms with Crippen LogP contribution < -0.4 is 4.74 Å². The zero-order chi connectivity index (χ0) is 19.0. The molecule has 0 aliphatic heterocycles. The van der Waals surface area contributed by atoms with Crippen molar-refractivity contribution >= 4 is 10.9 Å². The maximum absolute atomic E-state index is 6.38. The van der Waals surface area contributed by atoms with Crippen LogP contribution in [0.3, 0.4) is 0 Å². The Kier molecular flexibility index (Phi) is 5.08. The Labute approximate surface area is 157 Å². The Bertz CT molecular complexity index is 925. The van der Waals surface area contributed by atoms with E-state index in [9.17, 15) is 0 Å². The molecule has 0 aliphatic carbocycles. The Morgan fingerprint density at radius 3 is 2.12 bits per heavy atom. The monoisotopic (exact) mass is 350 g/mol. The summed E-state index contributed by atoms with van der Waals surface area (Å²) in [5.41, 5.74) is 7.03. The molecule has 0 unspecified atom stereocenters. The molecule has 0 saturated carbocycles. The number of nitrogens with zero attached hydrogens (tertiary/aromatic N) is 2. The van der Waals surface area contributed by atoms with Crippen molar-refractivity contribution in [2.24, 2.45) is 0 Å². The quantitative estimate of drug-likeness (QED) is 0.510. The molecule has 3 rings (SSSR count). The van der Waals surface area contributed by atoms with E-state index in [1.54, 1.807) is 0 Å². The summed E-state index contributed by atoms with van der Waals surface area (Å²) >= 11 is 0. The molecule has 2 aromatic heterocycles. The molecule has 26 heavy (non-hydrogen) atoms. The highest BCUT2D eigenvalue weighted by atomic mass is 16.5. The van der Waals surface area contributed by atoms with Gasteiger partial charge < -0.3 is 9.30 Å². The zero-order valence-corrected chi connectivity index (χ0v) is 17.1. The van der Waals surface area contributed by atoms with E-state index in [-0.39, 0.29) is 0 Å². The van der Waals surface area contributed by atoms with Gasteiger partial charge in [0.2, 0.25) is 5.88 Å². The van der Waals surface area contributed by atoms with Gasteiger partial charge in [0.05, 0.1) is 10.9 Å². The predicted molar refractivity (Wildman–Crippen MR) is 110 cm³/mol. The van der Waals surface area contributed by atoms with E-state index in [1.807, 2.05) is 6.92 Å². The van der Waals surface area contributed by atoms with Crippen LogP contribution in [-0.4, -0.2) is 9.55 Å². The van der Waals surface area contributed by atoms with Crippen LogP contribution in [0.15, 0.2) is 24.3 Å². The van der Waals surface area contributed by atoms with Crippen molar-refractivity contribution in [1.29, 1.82) is 0 Å². The third-order valence-corrected chi connectivity index (χ3v) is 5.23. The van der Waals surface area contributed by atoms with Gasteiger partial charge in [0.1, 0.15) is 5.75 Å². The van der Waals surface area contributed by atoms with Crippen molar-refractivity contribution < 1.29 is 4.74 Å². The second kappa shape index (κ2) is 7.14. The number of pyridine rings is 1. The third-order valence-electron chi connectivity index (χ3n) is 5.23. The second-order valence-corrected chi connectivity index (χ2v) is 7.46. The van der Waals surface area contributed by atoms with Crippen molar-refractivity contribution in [1.82, 2.24) is 9.55 Å². The molecule has 0 amide bonds. The number of fused-ring (bicyclic) bond motifs is 1. The number of aromatic nitrogens is 2. The molecule has 0 radical (unpaired) electrons. The molecule has 0 atom stereocenters. The molecule has 0 N–H and O–H groups in total. The summed E-state index contributed by atoms with van der Waals surface area (Å²) < 4.78 is 8.83. The lowest BCUT2D eigenvalue weighted by atomic mass is 10.1. The summed E-state index contributed by atoms with van der Waals surface area (Å²) in [6.07, 6.45) is 2.24. The minimum absolute atomic E-state index is 0.505. The van der Waals surface area contributed by atoms with E-state index < -0.39 is 0 Å². The van der Waals surface area contributed by atoms with Crippen LogP contribution in [0.5, 0.6) is 11.6 Å². The molecule has 1 aromatic carbocycles. The molecule has 0 spiro atoms. The normalized spacial score (nSPS) is 11.5. The largest absolute Gasteiger partial charge is 0.438 e. The highest BCUT2D eigenvalue weighted by Gasteiger charge is 2.18. The van der Waals surface area contributed by atoms with E-state index in [4.69, 9.17) is 9.72 Å². The first-order valence-corrected chi connectivity index (χ1v) is 9.60. The van der Waals surface area contributed by atoms with E-state index >= 15 is 0 Å². The lowest BCUT2D eigenvalue weighted by Crippen LogP contribution is -2.08. The maximum atomic E-state index is 6.38. The van der Waals surface area contributed by atoms with Gasteiger partial charge in [-0.05, 0) is 70.7 Å². The van der Waals surface area contributed by atoms with Crippen LogP contribution in [0.1, 0.15) is 60.8 Å². The average molecular weight is 351 g/mol. The number of aryl methyl sites for hydroxylation is 5. The van der Waals surface area contributed by atoms with Gasteiger partial charge in [-0.1, -0.05) is 31.5 Å². The SMILES string of the molecule is CCC(CC)n1c(C)cc2c(Oc3c(C)cc(C)cc3C)nc(C)cc21. The summed E-state index contributed by atoms with van der Waals surface area (Å²) in [4.78, 5) is 4.73. The molecular weight excluding hydrogens is 320 g/mol. The minimum Gasteiger partial charge on any atom is -0.438 e. The lowest BCUT2D eigenvalue weighted by Gasteiger charge is -2.19. The molecule has 3 nitrogen and oxygen atoms in total. The number of hydrogen-bond acceptors (Lipinski definition) is 2. The van der Waals surface area contributed by atoms with Gasteiger partial charge in [0.25, 0.3) is 0 Å². The molecule has 0 saturated heterocycles. The maximum Gasteiger partial charge on any atom is 0.228 e. The summed E-state index contributed by atoms with van der Waals surface area (Å²) in [6.45, 7) is 15.0. The van der Waals surface area contributed by atoms with E-state index in [1.165, 1.54) is 16.8 Å². The van der Waals surface area contributed by atoms with Gasteiger partial charge in [0.15, 0.2) is 0 Å². The van der Waals surface area contributed by atoms with E-state index in [0.717, 1.165) is 40.8 Å². The first kappa shape index (κ1) is 18.5. The van der Waals surface area contributed by atoms with Gasteiger partial charge in [-0.2, -0.15) is 0 Å². The van der Waals surface area contributed by atoms with Crippen LogP contribution in [0.25, 0.3) is 10.9 Å². The van der Waals surface area contributed by atoms with Gasteiger partial charge in [-0.15, -0.1) is 0 Å². The van der Waals surface area contributed by atoms with Gasteiger partial charge in [-0.3, -0.25) is 0 Å². The van der Waals surface area contributed by atoms with Crippen LogP contribution in [-0.2, 0) is 0 Å². The van der Waals surface area contributed by atoms with Crippen LogP contribution >= 0.6 is 0 Å². The van der Waals surface area contributed by atoms with Crippen molar-refractivity contribution in [3.05, 3.63) is 52.3 Å².